The number of alkyl halides is 1. The average molecular weight is 279 g/mol. The van der Waals surface area contributed by atoms with Crippen LogP contribution in [0.3, 0.4) is 0 Å². The van der Waals surface area contributed by atoms with Crippen LogP contribution in [0, 0.1) is 0 Å². The van der Waals surface area contributed by atoms with E-state index in [4.69, 9.17) is 4.74 Å². The molecule has 0 aliphatic heterocycles. The first-order valence-electron chi connectivity index (χ1n) is 5.28. The molecule has 0 aromatic heterocycles. The van der Waals surface area contributed by atoms with Crippen LogP contribution in [0.5, 0.6) is 0 Å². The monoisotopic (exact) mass is 278 g/mol. The first-order valence-corrected chi connectivity index (χ1v) is 6.07. The van der Waals surface area contributed by atoms with Crippen molar-refractivity contribution in [2.24, 2.45) is 0 Å². The Balaban J connectivity index is 3.32. The lowest BCUT2D eigenvalue weighted by Gasteiger charge is -2.14. The van der Waals surface area contributed by atoms with Gasteiger partial charge in [0, 0.05) is 6.42 Å². The second-order valence-corrected chi connectivity index (χ2v) is 5.96. The Morgan fingerprint density at radius 2 is 1.87 bits per heavy atom. The van der Waals surface area contributed by atoms with Gasteiger partial charge in [-0.1, -0.05) is 28.8 Å². The van der Waals surface area contributed by atoms with E-state index in [0.29, 0.717) is 13.0 Å². The number of ether oxygens (including phenoxy) is 1. The number of hydrogen-bond acceptors (Lipinski definition) is 3. The van der Waals surface area contributed by atoms with Crippen LogP contribution < -0.4 is 0 Å². The Morgan fingerprint density at radius 1 is 1.27 bits per heavy atom. The Kier molecular flexibility index (Phi) is 7.65. The van der Waals surface area contributed by atoms with Crippen LogP contribution in [0.15, 0.2) is 0 Å². The molecule has 0 unspecified atom stereocenters. The summed E-state index contributed by atoms with van der Waals surface area (Å²) in [5.41, 5.74) is 0. The number of esters is 1. The molecule has 0 aliphatic carbocycles. The molecular weight excluding hydrogens is 260 g/mol. The molecule has 0 rings (SSSR count). The number of halogens is 1. The molecule has 0 aliphatic rings. The Hall–Kier alpha value is -0.380. The second kappa shape index (κ2) is 7.85. The molecule has 0 radical (unpaired) electrons. The maximum Gasteiger partial charge on any atom is 0.322 e. The molecule has 4 heteroatoms. The number of carbonyl (C=O) groups is 2. The number of aldehydes is 1. The fourth-order valence-electron chi connectivity index (χ4n) is 1.02. The van der Waals surface area contributed by atoms with E-state index >= 15 is 0 Å². The summed E-state index contributed by atoms with van der Waals surface area (Å²) in [4.78, 5) is 21.3. The van der Waals surface area contributed by atoms with Crippen molar-refractivity contribution in [1.29, 1.82) is 0 Å². The lowest BCUT2D eigenvalue weighted by atomic mass is 10.1. The van der Waals surface area contributed by atoms with Crippen LogP contribution in [-0.4, -0.2) is 23.2 Å². The van der Waals surface area contributed by atoms with E-state index in [2.05, 4.69) is 15.9 Å². The summed E-state index contributed by atoms with van der Waals surface area (Å²) in [7, 11) is 0. The van der Waals surface area contributed by atoms with Gasteiger partial charge in [0.2, 0.25) is 0 Å². The quantitative estimate of drug-likeness (QED) is 0.297. The highest BCUT2D eigenvalue weighted by molar-refractivity contribution is 9.10. The van der Waals surface area contributed by atoms with Crippen molar-refractivity contribution in [1.82, 2.24) is 0 Å². The van der Waals surface area contributed by atoms with Gasteiger partial charge in [-0.3, -0.25) is 4.79 Å². The average Bonchev–Trinajstić information content (AvgIpc) is 2.14. The van der Waals surface area contributed by atoms with E-state index in [1.54, 1.807) is 13.8 Å². The van der Waals surface area contributed by atoms with Crippen LogP contribution in [0.4, 0.5) is 0 Å². The highest BCUT2D eigenvalue weighted by Gasteiger charge is 2.24. The van der Waals surface area contributed by atoms with Gasteiger partial charge in [0.25, 0.3) is 0 Å². The first kappa shape index (κ1) is 14.6. The van der Waals surface area contributed by atoms with Gasteiger partial charge >= 0.3 is 5.97 Å². The van der Waals surface area contributed by atoms with Crippen LogP contribution >= 0.6 is 15.9 Å². The van der Waals surface area contributed by atoms with Crippen molar-refractivity contribution in [3.8, 4) is 0 Å². The van der Waals surface area contributed by atoms with Gasteiger partial charge in [-0.2, -0.15) is 0 Å². The molecule has 0 fully saturated rings. The predicted molar refractivity (Wildman–Crippen MR) is 63.1 cm³/mol. The molecule has 0 atom stereocenters. The maximum atomic E-state index is 11.3. The summed E-state index contributed by atoms with van der Waals surface area (Å²) in [6.07, 6.45) is 5.40. The summed E-state index contributed by atoms with van der Waals surface area (Å²) in [6, 6.07) is 0. The Morgan fingerprint density at radius 3 is 2.40 bits per heavy atom. The van der Waals surface area contributed by atoms with Crippen LogP contribution in [0.1, 0.15) is 46.0 Å². The smallest absolute Gasteiger partial charge is 0.322 e. The van der Waals surface area contributed by atoms with Gasteiger partial charge in [-0.05, 0) is 26.7 Å². The molecular formula is C11H19BrO3. The van der Waals surface area contributed by atoms with E-state index in [1.807, 2.05) is 0 Å². The van der Waals surface area contributed by atoms with Crippen LogP contribution in [0.25, 0.3) is 0 Å². The zero-order valence-electron chi connectivity index (χ0n) is 9.42. The van der Waals surface area contributed by atoms with E-state index in [9.17, 15) is 9.59 Å². The number of hydrogen-bond donors (Lipinski definition) is 0. The molecule has 0 heterocycles. The van der Waals surface area contributed by atoms with Crippen molar-refractivity contribution in [3.63, 3.8) is 0 Å². The molecule has 0 bridgehead atoms. The van der Waals surface area contributed by atoms with E-state index in [-0.39, 0.29) is 5.97 Å². The normalized spacial score (nSPS) is 11.1. The summed E-state index contributed by atoms with van der Waals surface area (Å²) in [5, 5.41) is 0. The largest absolute Gasteiger partial charge is 0.465 e. The van der Waals surface area contributed by atoms with Gasteiger partial charge in [0.05, 0.1) is 6.61 Å². The molecule has 0 saturated heterocycles. The standard InChI is InChI=1S/C11H19BrO3/c1-11(2,12)10(14)15-9-7-5-3-4-6-8-13/h8H,3-7,9H2,1-2H3. The molecule has 0 N–H and O–H groups in total. The summed E-state index contributed by atoms with van der Waals surface area (Å²) < 4.78 is 4.46. The topological polar surface area (TPSA) is 43.4 Å². The lowest BCUT2D eigenvalue weighted by Crippen LogP contribution is -2.26. The van der Waals surface area contributed by atoms with Crippen molar-refractivity contribution >= 4 is 28.2 Å². The molecule has 15 heavy (non-hydrogen) atoms. The van der Waals surface area contributed by atoms with E-state index in [1.165, 1.54) is 0 Å². The second-order valence-electron chi connectivity index (χ2n) is 3.98. The fourth-order valence-corrected chi connectivity index (χ4v) is 1.13. The Labute approximate surface area is 99.7 Å². The van der Waals surface area contributed by atoms with Gasteiger partial charge in [0.15, 0.2) is 0 Å². The third kappa shape index (κ3) is 8.60. The van der Waals surface area contributed by atoms with Crippen molar-refractivity contribution in [3.05, 3.63) is 0 Å². The highest BCUT2D eigenvalue weighted by Crippen LogP contribution is 2.17. The number of carbonyl (C=O) groups excluding carboxylic acids is 2. The van der Waals surface area contributed by atoms with Crippen LogP contribution in [-0.2, 0) is 14.3 Å². The van der Waals surface area contributed by atoms with Crippen molar-refractivity contribution < 1.29 is 14.3 Å². The molecule has 3 nitrogen and oxygen atoms in total. The van der Waals surface area contributed by atoms with Crippen molar-refractivity contribution in [2.75, 3.05) is 6.61 Å². The minimum Gasteiger partial charge on any atom is -0.465 e. The zero-order chi connectivity index (χ0) is 11.7. The van der Waals surface area contributed by atoms with Gasteiger partial charge in [-0.25, -0.2) is 0 Å². The van der Waals surface area contributed by atoms with Crippen LogP contribution in [0.2, 0.25) is 0 Å². The summed E-state index contributed by atoms with van der Waals surface area (Å²) in [5.74, 6) is -0.226. The lowest BCUT2D eigenvalue weighted by molar-refractivity contribution is -0.145. The minimum atomic E-state index is -0.593. The molecule has 0 aromatic carbocycles. The third-order valence-electron chi connectivity index (χ3n) is 1.93. The third-order valence-corrected chi connectivity index (χ3v) is 2.26. The number of rotatable bonds is 8. The summed E-state index contributed by atoms with van der Waals surface area (Å²) in [6.45, 7) is 3.99. The SMILES string of the molecule is CC(C)(Br)C(=O)OCCCCCCC=O. The predicted octanol–water partition coefficient (Wildman–Crippen LogP) is 2.85. The summed E-state index contributed by atoms with van der Waals surface area (Å²) >= 11 is 3.23. The zero-order valence-corrected chi connectivity index (χ0v) is 11.0. The van der Waals surface area contributed by atoms with Gasteiger partial charge in [-0.15, -0.1) is 0 Å². The van der Waals surface area contributed by atoms with E-state index < -0.39 is 4.32 Å². The van der Waals surface area contributed by atoms with Gasteiger partial charge < -0.3 is 9.53 Å². The first-order chi connectivity index (χ1) is 6.98. The van der Waals surface area contributed by atoms with E-state index in [0.717, 1.165) is 32.0 Å². The molecule has 0 spiro atoms. The van der Waals surface area contributed by atoms with Crippen molar-refractivity contribution in [2.45, 2.75) is 50.3 Å². The highest BCUT2D eigenvalue weighted by atomic mass is 79.9. The molecule has 0 aromatic rings. The Bertz CT molecular complexity index is 196. The molecule has 0 amide bonds. The number of unbranched alkanes of at least 4 members (excludes halogenated alkanes) is 4. The molecule has 0 saturated carbocycles. The molecule has 88 valence electrons. The minimum absolute atomic E-state index is 0.226. The fraction of sp³-hybridized carbons (Fsp3) is 0.818. The maximum absolute atomic E-state index is 11.3. The van der Waals surface area contributed by atoms with Gasteiger partial charge in [0.1, 0.15) is 10.6 Å².